The molecule has 192 valence electrons. The maximum atomic E-state index is 13.7. The number of carbonyl (C=O) groups is 2. The zero-order valence-electron chi connectivity index (χ0n) is 24.0. The molecule has 0 fully saturated rings. The number of ketones is 2. The summed E-state index contributed by atoms with van der Waals surface area (Å²) in [6.45, 7) is 4.36. The topological polar surface area (TPSA) is 58.2 Å². The van der Waals surface area contributed by atoms with Crippen molar-refractivity contribution < 1.29 is 68.7 Å². The van der Waals surface area contributed by atoms with E-state index in [1.807, 2.05) is 36.4 Å². The Morgan fingerprint density at radius 1 is 0.600 bits per heavy atom. The Bertz CT molecular complexity index is 1350. The largest absolute Gasteiger partial charge is 1.00 e. The molecule has 0 atom stereocenters. The van der Waals surface area contributed by atoms with E-state index in [1.54, 1.807) is 24.3 Å². The van der Waals surface area contributed by atoms with Gasteiger partial charge in [-0.05, 0) is 12.1 Å². The number of anilines is 4. The molecule has 0 heterocycles. The molecule has 0 bridgehead atoms. The van der Waals surface area contributed by atoms with Gasteiger partial charge in [0.05, 0.1) is 11.1 Å². The van der Waals surface area contributed by atoms with Crippen LogP contribution in [0.3, 0.4) is 0 Å². The molecule has 1 aliphatic rings. The van der Waals surface area contributed by atoms with Gasteiger partial charge in [-0.2, -0.15) is 47.5 Å². The van der Waals surface area contributed by atoms with Crippen LogP contribution in [0, 0.1) is 12.1 Å². The second-order valence-electron chi connectivity index (χ2n) is 9.79. The third-order valence-electron chi connectivity index (χ3n) is 7.01. The number of nitrogens with one attached hydrogen (secondary N) is 2. The standard InChI is InChI=1S/C34H32N2O2.2Na/c1-3-5-9-23-13-17-25(18-14-23)35-29-21-22-30(36-26-19-15-24(16-20-26)10-6-4-2)32-31(29)33(37)27-11-7-8-12-28(27)34(32)38;;/h7-8,11-17,19,21-22,35-36H,3-6,9-10H2,1-2H3;;/q-2;2*+1. The molecule has 2 N–H and O–H groups in total. The van der Waals surface area contributed by atoms with E-state index in [9.17, 15) is 9.59 Å². The van der Waals surface area contributed by atoms with E-state index < -0.39 is 0 Å². The maximum absolute atomic E-state index is 13.7. The van der Waals surface area contributed by atoms with Crippen molar-refractivity contribution in [3.8, 4) is 0 Å². The van der Waals surface area contributed by atoms with Gasteiger partial charge in [-0.1, -0.05) is 88.0 Å². The Kier molecular flexibility index (Phi) is 12.3. The Labute approximate surface area is 281 Å². The Balaban J connectivity index is 0.00000220. The summed E-state index contributed by atoms with van der Waals surface area (Å²) in [6, 6.07) is 29.4. The van der Waals surface area contributed by atoms with E-state index >= 15 is 0 Å². The second kappa shape index (κ2) is 15.2. The third kappa shape index (κ3) is 7.17. The van der Waals surface area contributed by atoms with Gasteiger partial charge >= 0.3 is 59.1 Å². The Morgan fingerprint density at radius 2 is 1.02 bits per heavy atom. The summed E-state index contributed by atoms with van der Waals surface area (Å²) in [5.41, 5.74) is 6.76. The molecular weight excluding hydrogens is 514 g/mol. The van der Waals surface area contributed by atoms with Crippen LogP contribution in [0.2, 0.25) is 0 Å². The molecule has 0 spiro atoms. The van der Waals surface area contributed by atoms with Crippen LogP contribution in [0.25, 0.3) is 0 Å². The van der Waals surface area contributed by atoms with Crippen molar-refractivity contribution in [1.29, 1.82) is 0 Å². The molecule has 40 heavy (non-hydrogen) atoms. The van der Waals surface area contributed by atoms with Gasteiger partial charge in [-0.25, -0.2) is 0 Å². The molecule has 0 aliphatic heterocycles. The van der Waals surface area contributed by atoms with Crippen molar-refractivity contribution in [1.82, 2.24) is 0 Å². The molecule has 0 radical (unpaired) electrons. The quantitative estimate of drug-likeness (QED) is 0.209. The van der Waals surface area contributed by atoms with Gasteiger partial charge in [0.1, 0.15) is 0 Å². The molecule has 4 nitrogen and oxygen atoms in total. The van der Waals surface area contributed by atoms with E-state index in [1.165, 1.54) is 11.1 Å². The monoisotopic (exact) mass is 546 g/mol. The van der Waals surface area contributed by atoms with E-state index in [4.69, 9.17) is 0 Å². The van der Waals surface area contributed by atoms with Crippen LogP contribution in [-0.4, -0.2) is 11.6 Å². The molecular formula is C34H32N2Na2O2. The second-order valence-corrected chi connectivity index (χ2v) is 9.79. The summed E-state index contributed by atoms with van der Waals surface area (Å²) in [5.74, 6) is -0.334. The average molecular weight is 547 g/mol. The average Bonchev–Trinajstić information content (AvgIpc) is 2.95. The first kappa shape index (κ1) is 32.3. The van der Waals surface area contributed by atoms with E-state index in [-0.39, 0.29) is 70.7 Å². The molecule has 4 aromatic rings. The molecule has 0 saturated heterocycles. The number of unbranched alkanes of at least 4 members (excludes halogenated alkanes) is 2. The van der Waals surface area contributed by atoms with Crippen molar-refractivity contribution in [2.45, 2.75) is 52.4 Å². The summed E-state index contributed by atoms with van der Waals surface area (Å²) < 4.78 is 0. The van der Waals surface area contributed by atoms with Gasteiger partial charge in [0, 0.05) is 22.5 Å². The summed E-state index contributed by atoms with van der Waals surface area (Å²) in [4.78, 5) is 27.5. The van der Waals surface area contributed by atoms with Gasteiger partial charge in [0.15, 0.2) is 11.6 Å². The normalized spacial score (nSPS) is 11.6. The van der Waals surface area contributed by atoms with Crippen LogP contribution < -0.4 is 69.7 Å². The summed E-state index contributed by atoms with van der Waals surface area (Å²) in [5, 5.41) is 6.70. The van der Waals surface area contributed by atoms with Gasteiger partial charge < -0.3 is 10.6 Å². The number of fused-ring (bicyclic) bond motifs is 2. The number of aryl methyl sites for hydroxylation is 2. The molecule has 0 aromatic heterocycles. The zero-order valence-corrected chi connectivity index (χ0v) is 28.0. The van der Waals surface area contributed by atoms with Crippen LogP contribution in [0.15, 0.2) is 72.8 Å². The van der Waals surface area contributed by atoms with Gasteiger partial charge in [0.2, 0.25) is 0 Å². The fourth-order valence-corrected chi connectivity index (χ4v) is 4.86. The zero-order chi connectivity index (χ0) is 26.5. The van der Waals surface area contributed by atoms with E-state index in [0.717, 1.165) is 49.9 Å². The predicted molar refractivity (Wildman–Crippen MR) is 154 cm³/mol. The van der Waals surface area contributed by atoms with Crippen LogP contribution in [0.1, 0.15) is 82.5 Å². The van der Waals surface area contributed by atoms with Gasteiger partial charge in [0.25, 0.3) is 0 Å². The molecule has 6 heteroatoms. The van der Waals surface area contributed by atoms with Gasteiger partial charge in [-0.3, -0.25) is 9.59 Å². The first-order valence-electron chi connectivity index (χ1n) is 13.5. The van der Waals surface area contributed by atoms with Crippen LogP contribution >= 0.6 is 0 Å². The predicted octanol–water partition coefficient (Wildman–Crippen LogP) is 2.24. The Hall–Kier alpha value is -2.18. The van der Waals surface area contributed by atoms with Crippen molar-refractivity contribution in [3.05, 3.63) is 118 Å². The van der Waals surface area contributed by atoms with Crippen molar-refractivity contribution in [2.24, 2.45) is 0 Å². The minimum atomic E-state index is -0.167. The van der Waals surface area contributed by atoms with E-state index in [2.05, 4.69) is 48.7 Å². The first-order valence-corrected chi connectivity index (χ1v) is 13.5. The van der Waals surface area contributed by atoms with Crippen LogP contribution in [-0.2, 0) is 12.8 Å². The number of benzene rings is 4. The van der Waals surface area contributed by atoms with Crippen molar-refractivity contribution >= 4 is 34.3 Å². The number of rotatable bonds is 10. The smallest absolute Gasteiger partial charge is 0.378 e. The van der Waals surface area contributed by atoms with Gasteiger partial charge in [-0.15, -0.1) is 12.1 Å². The molecule has 5 rings (SSSR count). The Morgan fingerprint density at radius 3 is 1.38 bits per heavy atom. The minimum absolute atomic E-state index is 0. The molecule has 0 saturated carbocycles. The fraction of sp³-hybridized carbons (Fsp3) is 0.235. The SMILES string of the molecule is CCCCc1c[c-]c(Nc2ccc(Nc3[c-]cc(CCCC)cc3)c3c2C(=O)c2ccccc2C3=O)cc1.[Na+].[Na+]. The molecule has 4 aromatic carbocycles. The summed E-state index contributed by atoms with van der Waals surface area (Å²) >= 11 is 0. The van der Waals surface area contributed by atoms with Crippen molar-refractivity contribution in [2.75, 3.05) is 10.6 Å². The summed E-state index contributed by atoms with van der Waals surface area (Å²) in [6.07, 6.45) is 6.59. The molecule has 0 unspecified atom stereocenters. The summed E-state index contributed by atoms with van der Waals surface area (Å²) in [7, 11) is 0. The maximum Gasteiger partial charge on any atom is 1.00 e. The third-order valence-corrected chi connectivity index (χ3v) is 7.01. The van der Waals surface area contributed by atoms with Crippen molar-refractivity contribution in [3.63, 3.8) is 0 Å². The number of hydrogen-bond acceptors (Lipinski definition) is 4. The van der Waals surface area contributed by atoms with E-state index in [0.29, 0.717) is 33.6 Å². The number of hydrogen-bond donors (Lipinski definition) is 2. The van der Waals surface area contributed by atoms with Crippen LogP contribution in [0.4, 0.5) is 22.7 Å². The molecule has 1 aliphatic carbocycles. The molecule has 0 amide bonds. The number of carbonyl (C=O) groups excluding carboxylic acids is 2. The minimum Gasteiger partial charge on any atom is -0.378 e. The first-order chi connectivity index (χ1) is 18.6. The van der Waals surface area contributed by atoms with Crippen LogP contribution in [0.5, 0.6) is 0 Å². The fourth-order valence-electron chi connectivity index (χ4n) is 4.86.